The number of rotatable bonds is 8. The summed E-state index contributed by atoms with van der Waals surface area (Å²) in [5.74, 6) is 1.35. The summed E-state index contributed by atoms with van der Waals surface area (Å²) in [5, 5.41) is 6.04. The Morgan fingerprint density at radius 2 is 1.77 bits per heavy atom. The van der Waals surface area contributed by atoms with Crippen LogP contribution in [0.4, 0.5) is 0 Å². The van der Waals surface area contributed by atoms with Gasteiger partial charge in [-0.25, -0.2) is 5.43 Å². The Morgan fingerprint density at radius 3 is 2.42 bits per heavy atom. The first kappa shape index (κ1) is 22.6. The van der Waals surface area contributed by atoms with Crippen molar-refractivity contribution < 1.29 is 19.0 Å². The number of carbonyl (C=O) groups excluding carboxylic acids is 1. The van der Waals surface area contributed by atoms with Crippen LogP contribution in [0.3, 0.4) is 0 Å². The van der Waals surface area contributed by atoms with Gasteiger partial charge in [0, 0.05) is 0 Å². The molecule has 0 spiro atoms. The molecule has 3 aromatic carbocycles. The molecule has 0 aromatic heterocycles. The lowest BCUT2D eigenvalue weighted by atomic mass is 10.1. The Kier molecular flexibility index (Phi) is 7.52. The molecule has 0 saturated heterocycles. The molecule has 1 N–H and O–H groups in total. The number of fused-ring (bicyclic) bond motifs is 1. The first-order valence-electron chi connectivity index (χ1n) is 9.91. The Morgan fingerprint density at radius 1 is 1.10 bits per heavy atom. The molecule has 1 amide bonds. The molecule has 162 valence electrons. The number of ether oxygens (including phenoxy) is 3. The van der Waals surface area contributed by atoms with Crippen LogP contribution < -0.4 is 19.6 Å². The van der Waals surface area contributed by atoms with Gasteiger partial charge in [0.1, 0.15) is 5.75 Å². The smallest absolute Gasteiger partial charge is 0.275 e. The first-order chi connectivity index (χ1) is 15.0. The van der Waals surface area contributed by atoms with Gasteiger partial charge < -0.3 is 14.2 Å². The zero-order valence-electron chi connectivity index (χ0n) is 17.9. The van der Waals surface area contributed by atoms with Crippen LogP contribution in [0.15, 0.2) is 58.1 Å². The van der Waals surface area contributed by atoms with Crippen LogP contribution in [-0.4, -0.2) is 32.4 Å². The van der Waals surface area contributed by atoms with E-state index in [0.717, 1.165) is 27.2 Å². The van der Waals surface area contributed by atoms with E-state index in [1.165, 1.54) is 7.11 Å². The number of hydrogen-bond acceptors (Lipinski definition) is 5. The minimum Gasteiger partial charge on any atom is -0.496 e. The van der Waals surface area contributed by atoms with Crippen molar-refractivity contribution in [3.63, 3.8) is 0 Å². The van der Waals surface area contributed by atoms with Crippen LogP contribution in [0, 0.1) is 0 Å². The molecule has 3 aromatic rings. The van der Waals surface area contributed by atoms with Crippen molar-refractivity contribution in [3.8, 4) is 17.2 Å². The maximum atomic E-state index is 12.7. The van der Waals surface area contributed by atoms with E-state index < -0.39 is 0 Å². The van der Waals surface area contributed by atoms with Crippen molar-refractivity contribution >= 4 is 38.8 Å². The van der Waals surface area contributed by atoms with Crippen molar-refractivity contribution in [1.29, 1.82) is 0 Å². The Bertz CT molecular complexity index is 1110. The zero-order chi connectivity index (χ0) is 22.4. The zero-order valence-corrected chi connectivity index (χ0v) is 19.5. The minimum absolute atomic E-state index is 0.0564. The molecular weight excluding hydrogens is 460 g/mol. The quantitative estimate of drug-likeness (QED) is 0.335. The lowest BCUT2D eigenvalue weighted by Gasteiger charge is -2.17. The standard InChI is InChI=1S/C24H25BrN2O4/c1-5-15(2)31-23-20(25)10-16(11-22(23)30-4)14-26-27-24(28)19-12-17-8-6-7-9-18(17)13-21(19)29-3/h6-15H,5H2,1-4H3,(H,27,28). The fourth-order valence-electron chi connectivity index (χ4n) is 3.00. The van der Waals surface area contributed by atoms with E-state index in [1.54, 1.807) is 25.5 Å². The van der Waals surface area contributed by atoms with E-state index >= 15 is 0 Å². The van der Waals surface area contributed by atoms with Gasteiger partial charge in [0.15, 0.2) is 11.5 Å². The van der Waals surface area contributed by atoms with E-state index in [-0.39, 0.29) is 12.0 Å². The molecule has 7 heteroatoms. The Balaban J connectivity index is 1.79. The van der Waals surface area contributed by atoms with Crippen LogP contribution in [0.25, 0.3) is 10.8 Å². The molecule has 1 atom stereocenters. The van der Waals surface area contributed by atoms with E-state index in [4.69, 9.17) is 14.2 Å². The summed E-state index contributed by atoms with van der Waals surface area (Å²) in [4.78, 5) is 12.7. The molecular formula is C24H25BrN2O4. The Labute approximate surface area is 190 Å². The second-order valence-corrected chi connectivity index (χ2v) is 7.82. The highest BCUT2D eigenvalue weighted by atomic mass is 79.9. The normalized spacial score (nSPS) is 12.0. The Hall–Kier alpha value is -3.06. The van der Waals surface area contributed by atoms with Crippen LogP contribution in [0.1, 0.15) is 36.2 Å². The summed E-state index contributed by atoms with van der Waals surface area (Å²) >= 11 is 3.53. The number of nitrogens with one attached hydrogen (secondary N) is 1. The number of benzene rings is 3. The minimum atomic E-state index is -0.360. The van der Waals surface area contributed by atoms with Gasteiger partial charge in [-0.1, -0.05) is 31.2 Å². The van der Waals surface area contributed by atoms with E-state index in [9.17, 15) is 4.79 Å². The number of hydrazone groups is 1. The number of carbonyl (C=O) groups is 1. The monoisotopic (exact) mass is 484 g/mol. The van der Waals surface area contributed by atoms with Gasteiger partial charge in [-0.15, -0.1) is 0 Å². The maximum Gasteiger partial charge on any atom is 0.275 e. The average molecular weight is 485 g/mol. The predicted molar refractivity (Wildman–Crippen MR) is 127 cm³/mol. The van der Waals surface area contributed by atoms with Crippen LogP contribution >= 0.6 is 15.9 Å². The average Bonchev–Trinajstić information content (AvgIpc) is 2.79. The van der Waals surface area contributed by atoms with Crippen LogP contribution in [0.2, 0.25) is 0 Å². The van der Waals surface area contributed by atoms with E-state index in [0.29, 0.717) is 22.8 Å². The van der Waals surface area contributed by atoms with Crippen molar-refractivity contribution in [1.82, 2.24) is 5.43 Å². The van der Waals surface area contributed by atoms with Crippen LogP contribution in [0.5, 0.6) is 17.2 Å². The maximum absolute atomic E-state index is 12.7. The van der Waals surface area contributed by atoms with E-state index in [2.05, 4.69) is 33.4 Å². The molecule has 0 saturated carbocycles. The number of nitrogens with zero attached hydrogens (tertiary/aromatic N) is 1. The molecule has 0 aliphatic heterocycles. The lowest BCUT2D eigenvalue weighted by molar-refractivity contribution is 0.0952. The van der Waals surface area contributed by atoms with Gasteiger partial charge in [0.2, 0.25) is 0 Å². The third kappa shape index (κ3) is 5.35. The third-order valence-corrected chi connectivity index (χ3v) is 5.43. The molecule has 31 heavy (non-hydrogen) atoms. The summed E-state index contributed by atoms with van der Waals surface area (Å²) < 4.78 is 17.5. The highest BCUT2D eigenvalue weighted by Crippen LogP contribution is 2.37. The number of halogens is 1. The van der Waals surface area contributed by atoms with Gasteiger partial charge in [-0.2, -0.15) is 5.10 Å². The molecule has 3 rings (SSSR count). The molecule has 1 unspecified atom stereocenters. The van der Waals surface area contributed by atoms with Gasteiger partial charge in [-0.05, 0) is 69.9 Å². The molecule has 0 fully saturated rings. The van der Waals surface area contributed by atoms with Gasteiger partial charge >= 0.3 is 0 Å². The third-order valence-electron chi connectivity index (χ3n) is 4.84. The van der Waals surface area contributed by atoms with Gasteiger partial charge in [-0.3, -0.25) is 4.79 Å². The molecule has 6 nitrogen and oxygen atoms in total. The second kappa shape index (κ2) is 10.3. The highest BCUT2D eigenvalue weighted by molar-refractivity contribution is 9.10. The summed E-state index contributed by atoms with van der Waals surface area (Å²) in [6.07, 6.45) is 2.48. The number of hydrogen-bond donors (Lipinski definition) is 1. The fourth-order valence-corrected chi connectivity index (χ4v) is 3.56. The second-order valence-electron chi connectivity index (χ2n) is 6.97. The first-order valence-corrected chi connectivity index (χ1v) is 10.7. The molecule has 0 heterocycles. The summed E-state index contributed by atoms with van der Waals surface area (Å²) in [6.45, 7) is 4.05. The summed E-state index contributed by atoms with van der Waals surface area (Å²) in [6, 6.07) is 15.1. The number of methoxy groups -OCH3 is 2. The van der Waals surface area contributed by atoms with Crippen molar-refractivity contribution in [2.24, 2.45) is 5.10 Å². The van der Waals surface area contributed by atoms with Crippen molar-refractivity contribution in [2.75, 3.05) is 14.2 Å². The van der Waals surface area contributed by atoms with Crippen LogP contribution in [-0.2, 0) is 0 Å². The fraction of sp³-hybridized carbons (Fsp3) is 0.250. The largest absolute Gasteiger partial charge is 0.496 e. The highest BCUT2D eigenvalue weighted by Gasteiger charge is 2.15. The SMILES string of the molecule is CCC(C)Oc1c(Br)cc(C=NNC(=O)c2cc3ccccc3cc2OC)cc1OC. The van der Waals surface area contributed by atoms with Gasteiger partial charge in [0.05, 0.1) is 36.6 Å². The molecule has 0 aliphatic carbocycles. The van der Waals surface area contributed by atoms with Crippen molar-refractivity contribution in [2.45, 2.75) is 26.4 Å². The summed E-state index contributed by atoms with van der Waals surface area (Å²) in [5.41, 5.74) is 3.72. The number of amides is 1. The van der Waals surface area contributed by atoms with Crippen molar-refractivity contribution in [3.05, 3.63) is 64.1 Å². The molecule has 0 radical (unpaired) electrons. The predicted octanol–water partition coefficient (Wildman–Crippen LogP) is 5.56. The van der Waals surface area contributed by atoms with Gasteiger partial charge in [0.25, 0.3) is 5.91 Å². The lowest BCUT2D eigenvalue weighted by Crippen LogP contribution is -2.18. The molecule has 0 bridgehead atoms. The topological polar surface area (TPSA) is 69.2 Å². The summed E-state index contributed by atoms with van der Waals surface area (Å²) in [7, 11) is 3.12. The molecule has 0 aliphatic rings. The van der Waals surface area contributed by atoms with E-state index in [1.807, 2.05) is 43.3 Å².